The minimum Gasteiger partial charge on any atom is -0.472 e. The van der Waals surface area contributed by atoms with Crippen LogP contribution in [-0.4, -0.2) is 76.1 Å². The number of aliphatic imine (C=N–C) groups is 2. The lowest BCUT2D eigenvalue weighted by molar-refractivity contribution is 0.203. The van der Waals surface area contributed by atoms with Crippen LogP contribution in [0.25, 0.3) is 0 Å². The molecule has 2 aliphatic heterocycles. The Kier molecular flexibility index (Phi) is 5.42. The van der Waals surface area contributed by atoms with Gasteiger partial charge in [-0.2, -0.15) is 0 Å². The fourth-order valence-corrected chi connectivity index (χ4v) is 5.75. The molecule has 0 aromatic carbocycles. The molecule has 8 heteroatoms. The first kappa shape index (κ1) is 20.4. The molecule has 2 saturated carbocycles. The summed E-state index contributed by atoms with van der Waals surface area (Å²) < 4.78 is 22.9. The third kappa shape index (κ3) is 4.49. The first-order valence-electron chi connectivity index (χ1n) is 10.4. The third-order valence-electron chi connectivity index (χ3n) is 5.37. The Labute approximate surface area is 169 Å². The highest BCUT2D eigenvalue weighted by atomic mass is 31.2. The molecule has 2 fully saturated rings. The Hall–Kier alpha value is -0.860. The monoisotopic (exact) mass is 424 g/mol. The maximum Gasteiger partial charge on any atom is 0.226 e. The molecule has 0 saturated heterocycles. The Balaban J connectivity index is 1.87. The van der Waals surface area contributed by atoms with E-state index in [1.54, 1.807) is 0 Å². The average molecular weight is 424 g/mol. The second-order valence-corrected chi connectivity index (χ2v) is 18.1. The van der Waals surface area contributed by atoms with Gasteiger partial charge in [-0.3, -0.25) is 0 Å². The van der Waals surface area contributed by atoms with Crippen LogP contribution in [0.15, 0.2) is 30.9 Å². The number of hydrogen-bond acceptors (Lipinski definition) is 6. The molecule has 4 rings (SSSR count). The van der Waals surface area contributed by atoms with E-state index in [1.165, 1.54) is 12.8 Å². The zero-order valence-corrected chi connectivity index (χ0v) is 19.8. The van der Waals surface area contributed by atoms with Crippen LogP contribution in [0.1, 0.15) is 38.5 Å². The predicted octanol–water partition coefficient (Wildman–Crippen LogP) is 5.08. The Morgan fingerprint density at radius 3 is 1.54 bits per heavy atom. The fourth-order valence-electron chi connectivity index (χ4n) is 4.25. The Morgan fingerprint density at radius 2 is 1.18 bits per heavy atom. The summed E-state index contributed by atoms with van der Waals surface area (Å²) in [5, 5.41) is 0. The van der Waals surface area contributed by atoms with E-state index in [1.807, 2.05) is 0 Å². The van der Waals surface area contributed by atoms with Crippen molar-refractivity contribution < 1.29 is 9.47 Å². The van der Waals surface area contributed by atoms with E-state index in [0.29, 0.717) is 11.8 Å². The summed E-state index contributed by atoms with van der Waals surface area (Å²) in [6.07, 6.45) is 7.12. The van der Waals surface area contributed by atoms with E-state index in [4.69, 9.17) is 28.9 Å². The molecule has 0 aromatic heterocycles. The molecule has 2 heterocycles. The molecule has 6 nitrogen and oxygen atoms in total. The van der Waals surface area contributed by atoms with E-state index in [-0.39, 0.29) is 24.3 Å². The van der Waals surface area contributed by atoms with Gasteiger partial charge in [-0.1, -0.05) is 0 Å². The van der Waals surface area contributed by atoms with Crippen LogP contribution in [0.5, 0.6) is 0 Å². The number of fused-ring (bicyclic) bond motifs is 2. The summed E-state index contributed by atoms with van der Waals surface area (Å²) in [4.78, 5) is 9.90. The molecule has 2 aliphatic carbocycles. The lowest BCUT2D eigenvalue weighted by Crippen LogP contribution is -2.21. The maximum absolute atomic E-state index is 6.33. The Bertz CT molecular complexity index is 777. The van der Waals surface area contributed by atoms with Crippen LogP contribution in [-0.2, 0) is 9.47 Å². The van der Waals surface area contributed by atoms with Crippen molar-refractivity contribution >= 4 is 25.9 Å². The van der Waals surface area contributed by atoms with E-state index < -0.39 is 14.1 Å². The van der Waals surface area contributed by atoms with Gasteiger partial charge in [0.25, 0.3) is 0 Å². The average Bonchev–Trinajstić information content (AvgIpc) is 3.22. The van der Waals surface area contributed by atoms with E-state index in [0.717, 1.165) is 37.1 Å². The van der Waals surface area contributed by atoms with Gasteiger partial charge in [-0.15, -0.1) is 0 Å². The summed E-state index contributed by atoms with van der Waals surface area (Å²) in [6.45, 7) is 13.2. The van der Waals surface area contributed by atoms with Crippen molar-refractivity contribution in [1.82, 2.24) is 0 Å². The molecule has 0 radical (unpaired) electrons. The highest BCUT2D eigenvalue weighted by molar-refractivity contribution is 7.64. The molecule has 0 amide bonds. The Morgan fingerprint density at radius 1 is 0.750 bits per heavy atom. The number of ether oxygens (including phenoxy) is 2. The zero-order valence-electron chi connectivity index (χ0n) is 18.1. The number of nitrogens with zero attached hydrogens (tertiary/aromatic N) is 4. The van der Waals surface area contributed by atoms with Gasteiger partial charge in [0.2, 0.25) is 11.8 Å². The highest BCUT2D eigenvalue weighted by Crippen LogP contribution is 2.45. The molecule has 28 heavy (non-hydrogen) atoms. The molecule has 156 valence electrons. The summed E-state index contributed by atoms with van der Waals surface area (Å²) in [5.41, 5.74) is 0.814. The molecule has 0 aromatic rings. The molecule has 0 spiro atoms. The maximum atomic E-state index is 6.33. The minimum atomic E-state index is -1.47. The molecule has 0 N–H and O–H groups in total. The van der Waals surface area contributed by atoms with Crippen molar-refractivity contribution in [3.05, 3.63) is 11.4 Å². The van der Waals surface area contributed by atoms with E-state index in [9.17, 15) is 0 Å². The van der Waals surface area contributed by atoms with Crippen LogP contribution < -0.4 is 0 Å². The first-order chi connectivity index (χ1) is 13.1. The second-order valence-electron chi connectivity index (χ2n) is 9.96. The molecular weight excluding hydrogens is 390 g/mol. The van der Waals surface area contributed by atoms with Crippen LogP contribution in [0.4, 0.5) is 0 Å². The van der Waals surface area contributed by atoms with Gasteiger partial charge in [0, 0.05) is 0 Å². The fraction of sp³-hybridized carbons (Fsp3) is 0.800. The smallest absolute Gasteiger partial charge is 0.226 e. The lowest BCUT2D eigenvalue weighted by atomic mass is 10.2. The van der Waals surface area contributed by atoms with Crippen LogP contribution in [0.3, 0.4) is 0 Å². The van der Waals surface area contributed by atoms with E-state index >= 15 is 0 Å². The van der Waals surface area contributed by atoms with Crippen molar-refractivity contribution in [3.63, 3.8) is 0 Å². The summed E-state index contributed by atoms with van der Waals surface area (Å²) >= 11 is 0. The van der Waals surface area contributed by atoms with Crippen molar-refractivity contribution in [2.24, 2.45) is 19.5 Å². The van der Waals surface area contributed by atoms with E-state index in [2.05, 4.69) is 40.0 Å². The van der Waals surface area contributed by atoms with Crippen LogP contribution in [0, 0.1) is 0 Å². The highest BCUT2D eigenvalue weighted by Gasteiger charge is 2.42. The topological polar surface area (TPSA) is 67.9 Å². The summed E-state index contributed by atoms with van der Waals surface area (Å²) in [5.74, 6) is 2.08. The molecular formula is C20H34N4O2P2. The van der Waals surface area contributed by atoms with Crippen molar-refractivity contribution in [3.8, 4) is 0 Å². The normalized spacial score (nSPS) is 31.4. The molecule has 4 atom stereocenters. The van der Waals surface area contributed by atoms with Crippen LogP contribution in [0.2, 0.25) is 0 Å². The van der Waals surface area contributed by atoms with Crippen LogP contribution >= 0.6 is 14.1 Å². The molecule has 0 unspecified atom stereocenters. The van der Waals surface area contributed by atoms with Gasteiger partial charge in [-0.05, 0) is 92.6 Å². The first-order valence-corrected chi connectivity index (χ1v) is 16.6. The summed E-state index contributed by atoms with van der Waals surface area (Å²) in [7, 11) is -2.94. The second kappa shape index (κ2) is 7.43. The minimum absolute atomic E-state index is 0.196. The van der Waals surface area contributed by atoms with Gasteiger partial charge in [0.1, 0.15) is 17.8 Å². The quantitative estimate of drug-likeness (QED) is 0.591. The van der Waals surface area contributed by atoms with Crippen molar-refractivity contribution in [2.45, 2.75) is 62.8 Å². The van der Waals surface area contributed by atoms with Gasteiger partial charge in [0.15, 0.2) is 5.82 Å². The largest absolute Gasteiger partial charge is 0.472 e. The molecule has 4 aliphatic rings. The van der Waals surface area contributed by atoms with Crippen molar-refractivity contribution in [2.75, 3.05) is 40.0 Å². The SMILES string of the molecule is CP(C)(C)=NC(N=P(C)(C)C)=C(C1=N[C@H]2CCC[C@H]2O1)C1=N[C@H]2CCC[C@H]2O1. The van der Waals surface area contributed by atoms with Gasteiger partial charge >= 0.3 is 0 Å². The molecule has 0 bridgehead atoms. The van der Waals surface area contributed by atoms with Gasteiger partial charge in [-0.25, -0.2) is 19.5 Å². The summed E-state index contributed by atoms with van der Waals surface area (Å²) in [6, 6.07) is 0.531. The predicted molar refractivity (Wildman–Crippen MR) is 121 cm³/mol. The number of hydrogen-bond donors (Lipinski definition) is 0. The van der Waals surface area contributed by atoms with Crippen molar-refractivity contribution in [1.29, 1.82) is 0 Å². The standard InChI is InChI=1S/C20H34N4O2P2/c1-27(2,3)23-18(24-28(4,5)6)17(19-21-13-9-7-11-15(13)25-19)20-22-14-10-8-12-16(14)26-20/h13-16H,7-12H2,1-6H3/t13-,14-,15+,16+/m0/s1. The zero-order chi connectivity index (χ0) is 20.1. The van der Waals surface area contributed by atoms with Gasteiger partial charge in [0.05, 0.1) is 12.1 Å². The third-order valence-corrected chi connectivity index (χ3v) is 6.95. The lowest BCUT2D eigenvalue weighted by Gasteiger charge is -2.17. The number of rotatable bonds is 4. The van der Waals surface area contributed by atoms with Gasteiger partial charge < -0.3 is 9.47 Å².